The van der Waals surface area contributed by atoms with Crippen LogP contribution in [0.5, 0.6) is 11.5 Å². The zero-order valence-corrected chi connectivity index (χ0v) is 24.0. The van der Waals surface area contributed by atoms with E-state index in [9.17, 15) is 22.8 Å². The molecule has 4 rings (SSSR count). The average molecular weight is 610 g/mol. The lowest BCUT2D eigenvalue weighted by atomic mass is 9.88. The van der Waals surface area contributed by atoms with Crippen molar-refractivity contribution in [2.75, 3.05) is 6.61 Å². The first kappa shape index (κ1) is 31.0. The minimum absolute atomic E-state index is 0.0410. The normalized spacial score (nSPS) is 14.0. The van der Waals surface area contributed by atoms with Gasteiger partial charge in [0.15, 0.2) is 29.1 Å². The lowest BCUT2D eigenvalue weighted by Crippen LogP contribution is -2.27. The summed E-state index contributed by atoms with van der Waals surface area (Å²) in [6, 6.07) is 8.22. The number of alkyl halides is 2. The van der Waals surface area contributed by atoms with Gasteiger partial charge >= 0.3 is 12.7 Å². The van der Waals surface area contributed by atoms with Crippen LogP contribution in [-0.2, 0) is 11.3 Å². The zero-order chi connectivity index (χ0) is 30.6. The predicted octanol–water partition coefficient (Wildman–Crippen LogP) is 7.03. The van der Waals surface area contributed by atoms with Crippen molar-refractivity contribution in [2.24, 2.45) is 17.1 Å². The number of ether oxygens (including phenoxy) is 3. The lowest BCUT2D eigenvalue weighted by molar-refractivity contribution is -0.0515. The van der Waals surface area contributed by atoms with E-state index in [-0.39, 0.29) is 58.0 Å². The van der Waals surface area contributed by atoms with Crippen molar-refractivity contribution in [1.29, 1.82) is 0 Å². The molecule has 1 heterocycles. The molecule has 1 aromatic heterocycles. The van der Waals surface area contributed by atoms with Crippen LogP contribution in [0.1, 0.15) is 67.9 Å². The summed E-state index contributed by atoms with van der Waals surface area (Å²) in [6.07, 6.45) is -0.0794. The third kappa shape index (κ3) is 8.31. The quantitative estimate of drug-likeness (QED) is 0.226. The largest absolute Gasteiger partial charge is 0.489 e. The molecule has 9 nitrogen and oxygen atoms in total. The van der Waals surface area contributed by atoms with Gasteiger partial charge in [-0.05, 0) is 60.9 Å². The fourth-order valence-corrected chi connectivity index (χ4v) is 4.34. The van der Waals surface area contributed by atoms with E-state index in [0.717, 1.165) is 12.8 Å². The monoisotopic (exact) mass is 609 g/mol. The SMILES string of the molecule is CC(C)(C)C[C@H](OC(N)=O)c1oc(-c2ccc(OC(F)F)c(OCC3CC3)c2)nc1C(=O)NCc1c(F)cccc1Cl. The maximum Gasteiger partial charge on any atom is 0.405 e. The molecule has 0 bridgehead atoms. The molecule has 3 N–H and O–H groups in total. The Balaban J connectivity index is 1.73. The molecule has 3 aromatic rings. The number of hydrogen-bond donors (Lipinski definition) is 2. The number of nitrogens with two attached hydrogens (primary N) is 1. The Morgan fingerprint density at radius 1 is 1.19 bits per heavy atom. The highest BCUT2D eigenvalue weighted by Crippen LogP contribution is 2.39. The van der Waals surface area contributed by atoms with Gasteiger partial charge in [-0.3, -0.25) is 4.79 Å². The summed E-state index contributed by atoms with van der Waals surface area (Å²) in [5, 5.41) is 2.68. The Labute approximate surface area is 245 Å². The molecule has 0 spiro atoms. The molecule has 0 unspecified atom stereocenters. The van der Waals surface area contributed by atoms with E-state index in [0.29, 0.717) is 12.5 Å². The van der Waals surface area contributed by atoms with Gasteiger partial charge in [-0.2, -0.15) is 8.78 Å². The first-order valence-corrected chi connectivity index (χ1v) is 13.6. The summed E-state index contributed by atoms with van der Waals surface area (Å²) in [5.41, 5.74) is 4.99. The molecule has 1 aliphatic carbocycles. The third-order valence-corrected chi connectivity index (χ3v) is 6.64. The number of primary amides is 1. The molecule has 1 aliphatic rings. The molecular weight excluding hydrogens is 579 g/mol. The van der Waals surface area contributed by atoms with Gasteiger partial charge in [0.2, 0.25) is 5.89 Å². The maximum absolute atomic E-state index is 14.3. The molecular formula is C29H31ClF3N3O6. The Morgan fingerprint density at radius 3 is 2.55 bits per heavy atom. The summed E-state index contributed by atoms with van der Waals surface area (Å²) in [6.45, 7) is 2.61. The Morgan fingerprint density at radius 2 is 1.93 bits per heavy atom. The molecule has 2 amide bonds. The van der Waals surface area contributed by atoms with Crippen molar-refractivity contribution in [3.8, 4) is 23.0 Å². The van der Waals surface area contributed by atoms with E-state index in [1.807, 2.05) is 20.8 Å². The van der Waals surface area contributed by atoms with Crippen LogP contribution in [0, 0.1) is 17.2 Å². The van der Waals surface area contributed by atoms with Gasteiger partial charge in [0.1, 0.15) is 5.82 Å². The van der Waals surface area contributed by atoms with Gasteiger partial charge < -0.3 is 29.7 Å². The number of amides is 2. The van der Waals surface area contributed by atoms with Gasteiger partial charge in [0.05, 0.1) is 6.61 Å². The molecule has 0 radical (unpaired) electrons. The topological polar surface area (TPSA) is 126 Å². The summed E-state index contributed by atoms with van der Waals surface area (Å²) in [5.74, 6) is -1.40. The van der Waals surface area contributed by atoms with Crippen LogP contribution in [0.25, 0.3) is 11.5 Å². The van der Waals surface area contributed by atoms with Crippen molar-refractivity contribution in [1.82, 2.24) is 10.3 Å². The van der Waals surface area contributed by atoms with Crippen LogP contribution in [-0.4, -0.2) is 30.2 Å². The standard InChI is InChI=1S/C29H31ClF3N3O6/c1-29(2,3)12-22(41-28(34)38)24-23(25(37)35-13-17-18(30)5-4-6-19(17)31)36-26(42-24)16-9-10-20(40-27(32)33)21(11-16)39-14-15-7-8-15/h4-6,9-11,15,22,27H,7-8,12-14H2,1-3H3,(H2,34,38)(H,35,37)/t22-/m0/s1. The second kappa shape index (κ2) is 12.9. The lowest BCUT2D eigenvalue weighted by Gasteiger charge is -2.24. The number of nitrogens with one attached hydrogen (secondary N) is 1. The molecule has 13 heteroatoms. The second-order valence-electron chi connectivity index (χ2n) is 11.1. The van der Waals surface area contributed by atoms with E-state index >= 15 is 0 Å². The number of oxazole rings is 1. The first-order valence-electron chi connectivity index (χ1n) is 13.2. The second-order valence-corrected chi connectivity index (χ2v) is 11.5. The van der Waals surface area contributed by atoms with Crippen LogP contribution in [0.3, 0.4) is 0 Å². The molecule has 0 aliphatic heterocycles. The Kier molecular flexibility index (Phi) is 9.55. The number of rotatable bonds is 12. The van der Waals surface area contributed by atoms with Crippen molar-refractivity contribution in [3.63, 3.8) is 0 Å². The average Bonchev–Trinajstić information content (AvgIpc) is 3.61. The van der Waals surface area contributed by atoms with Crippen molar-refractivity contribution >= 4 is 23.6 Å². The van der Waals surface area contributed by atoms with Crippen LogP contribution in [0.4, 0.5) is 18.0 Å². The van der Waals surface area contributed by atoms with Crippen molar-refractivity contribution in [3.05, 3.63) is 64.3 Å². The number of halogens is 4. The summed E-state index contributed by atoms with van der Waals surface area (Å²) >= 11 is 6.10. The minimum atomic E-state index is -3.07. The molecule has 1 fully saturated rings. The molecule has 226 valence electrons. The molecule has 42 heavy (non-hydrogen) atoms. The van der Waals surface area contributed by atoms with E-state index in [2.05, 4.69) is 15.0 Å². The summed E-state index contributed by atoms with van der Waals surface area (Å²) < 4.78 is 62.0. The van der Waals surface area contributed by atoms with Crippen molar-refractivity contribution in [2.45, 2.75) is 59.3 Å². The van der Waals surface area contributed by atoms with E-state index < -0.39 is 35.9 Å². The van der Waals surface area contributed by atoms with Crippen LogP contribution >= 0.6 is 11.6 Å². The highest BCUT2D eigenvalue weighted by atomic mass is 35.5. The van der Waals surface area contributed by atoms with Crippen LogP contribution in [0.15, 0.2) is 40.8 Å². The number of aromatic nitrogens is 1. The van der Waals surface area contributed by atoms with Gasteiger partial charge in [0, 0.05) is 22.7 Å². The predicted molar refractivity (Wildman–Crippen MR) is 147 cm³/mol. The van der Waals surface area contributed by atoms with E-state index in [4.69, 9.17) is 31.2 Å². The van der Waals surface area contributed by atoms with Crippen LogP contribution < -0.4 is 20.5 Å². The zero-order valence-electron chi connectivity index (χ0n) is 23.2. The number of hydrogen-bond acceptors (Lipinski definition) is 7. The van der Waals surface area contributed by atoms with Gasteiger partial charge in [0.25, 0.3) is 5.91 Å². The molecule has 0 saturated heterocycles. The first-order chi connectivity index (χ1) is 19.8. The highest BCUT2D eigenvalue weighted by Gasteiger charge is 2.33. The number of benzene rings is 2. The smallest absolute Gasteiger partial charge is 0.405 e. The number of carbonyl (C=O) groups is 2. The summed E-state index contributed by atoms with van der Waals surface area (Å²) in [4.78, 5) is 29.5. The maximum atomic E-state index is 14.3. The van der Waals surface area contributed by atoms with E-state index in [1.165, 1.54) is 36.4 Å². The Bertz CT molecular complexity index is 1420. The number of nitrogens with zero attached hydrogens (tertiary/aromatic N) is 1. The van der Waals surface area contributed by atoms with Crippen LogP contribution in [0.2, 0.25) is 5.02 Å². The fourth-order valence-electron chi connectivity index (χ4n) is 4.11. The fraction of sp³-hybridized carbons (Fsp3) is 0.414. The van der Waals surface area contributed by atoms with Gasteiger partial charge in [-0.25, -0.2) is 14.2 Å². The van der Waals surface area contributed by atoms with Crippen molar-refractivity contribution < 1.29 is 41.4 Å². The minimum Gasteiger partial charge on any atom is -0.489 e. The third-order valence-electron chi connectivity index (χ3n) is 6.28. The molecule has 2 aromatic carbocycles. The molecule has 1 atom stereocenters. The Hall–Kier alpha value is -3.93. The highest BCUT2D eigenvalue weighted by molar-refractivity contribution is 6.31. The molecule has 1 saturated carbocycles. The van der Waals surface area contributed by atoms with Gasteiger partial charge in [-0.1, -0.05) is 38.4 Å². The van der Waals surface area contributed by atoms with Gasteiger partial charge in [-0.15, -0.1) is 0 Å². The van der Waals surface area contributed by atoms with E-state index in [1.54, 1.807) is 0 Å². The number of carbonyl (C=O) groups excluding carboxylic acids is 2. The summed E-state index contributed by atoms with van der Waals surface area (Å²) in [7, 11) is 0.